The molecule has 0 spiro atoms. The molecule has 2 heterocycles. The molecule has 4 aromatic rings. The molecule has 67 heavy (non-hydrogen) atoms. The fourth-order valence-electron chi connectivity index (χ4n) is 6.61. The van der Waals surface area contributed by atoms with Crippen molar-refractivity contribution in [3.05, 3.63) is 164 Å². The van der Waals surface area contributed by atoms with Gasteiger partial charge in [-0.3, -0.25) is 19.2 Å². The van der Waals surface area contributed by atoms with E-state index in [1.807, 2.05) is 12.1 Å². The van der Waals surface area contributed by atoms with Gasteiger partial charge in [0.25, 0.3) is 0 Å². The van der Waals surface area contributed by atoms with Crippen molar-refractivity contribution in [1.82, 2.24) is 10.6 Å². The van der Waals surface area contributed by atoms with Crippen molar-refractivity contribution in [3.63, 3.8) is 0 Å². The number of benzene rings is 4. The number of ketones is 2. The van der Waals surface area contributed by atoms with Gasteiger partial charge in [0.05, 0.1) is 34.4 Å². The van der Waals surface area contributed by atoms with Gasteiger partial charge in [-0.2, -0.15) is 49.7 Å². The second-order valence-corrected chi connectivity index (χ2v) is 13.7. The average molecular weight is 1070 g/mol. The third kappa shape index (κ3) is 14.5. The maximum Gasteiger partial charge on any atom is 0.416 e. The summed E-state index contributed by atoms with van der Waals surface area (Å²) < 4.78 is 78.4. The van der Waals surface area contributed by atoms with Crippen molar-refractivity contribution in [2.24, 2.45) is 0 Å². The van der Waals surface area contributed by atoms with Crippen molar-refractivity contribution in [1.29, 1.82) is 10.5 Å². The van der Waals surface area contributed by atoms with Crippen LogP contribution < -0.4 is 20.4 Å². The molecule has 2 atom stereocenters. The van der Waals surface area contributed by atoms with E-state index in [0.29, 0.717) is 22.3 Å². The summed E-state index contributed by atoms with van der Waals surface area (Å²) in [5.74, 6) is -0.713. The number of nitrogens with zero attached hydrogens (tertiary/aromatic N) is 6. The predicted octanol–water partition coefficient (Wildman–Crippen LogP) is 9.24. The van der Waals surface area contributed by atoms with Gasteiger partial charge in [-0.1, -0.05) is 72.1 Å². The Kier molecular flexibility index (Phi) is 21.5. The van der Waals surface area contributed by atoms with Gasteiger partial charge in [-0.05, 0) is 86.6 Å². The molecule has 6 rings (SSSR count). The molecule has 0 saturated heterocycles. The Morgan fingerprint density at radius 3 is 1.22 bits per heavy atom. The molecule has 2 radical (unpaired) electrons. The van der Waals surface area contributed by atoms with E-state index in [4.69, 9.17) is 10.5 Å². The smallest absolute Gasteiger partial charge is 0.416 e. The third-order valence-corrected chi connectivity index (χ3v) is 9.51. The van der Waals surface area contributed by atoms with E-state index >= 15 is 0 Å². The predicted molar refractivity (Wildman–Crippen MR) is 222 cm³/mol. The largest absolute Gasteiger partial charge is 0.520 e. The Morgan fingerprint density at radius 2 is 0.955 bits per heavy atom. The number of hydrogen-bond acceptors (Lipinski definition) is 8. The molecule has 14 nitrogen and oxygen atoms in total. The second kappa shape index (κ2) is 25.2. The van der Waals surface area contributed by atoms with Crippen LogP contribution >= 0.6 is 0 Å². The summed E-state index contributed by atoms with van der Waals surface area (Å²) in [5, 5.41) is 30.1. The second-order valence-electron chi connectivity index (χ2n) is 13.7. The molecule has 6 amide bonds. The number of rotatable bonds is 10. The molecular weight excluding hydrogens is 1040 g/mol. The summed E-state index contributed by atoms with van der Waals surface area (Å²) in [4.78, 5) is 70.7. The van der Waals surface area contributed by atoms with Gasteiger partial charge in [0, 0.05) is 95.3 Å². The fourth-order valence-corrected chi connectivity index (χ4v) is 6.61. The first kappa shape index (κ1) is 57.1. The van der Waals surface area contributed by atoms with Gasteiger partial charge in [0.2, 0.25) is 0 Å². The number of Topliss-reactive ketones (excluding diaryl/α,β-unsaturated/α-hetero) is 2. The van der Waals surface area contributed by atoms with E-state index in [9.17, 15) is 55.1 Å². The summed E-state index contributed by atoms with van der Waals surface area (Å²) in [5.41, 5.74) is 0.847. The standard InChI is InChI=1S/2C21H16F3N3O2.C3H4N2O2.2Y/c2*1-12-18(13(2)28)19(15-8-6-14(11-25)7-9-15)26-20(29)27(12)17-5-3-4-16(10-17)21(22,23)24;6-2-4-1-5-3-7;;/h2*3-10,19H,1-2H3,(H,26,29);1H2,(H,4,6)(H,5,7);;/q;;-2;;/p-2. The van der Waals surface area contributed by atoms with Gasteiger partial charge < -0.3 is 40.7 Å². The molecule has 4 aromatic carbocycles. The van der Waals surface area contributed by atoms with Crippen LogP contribution in [0.25, 0.3) is 10.6 Å². The van der Waals surface area contributed by atoms with Gasteiger partial charge in [0.15, 0.2) is 23.6 Å². The SMILES string of the molecule is CC(=O)C1=C(C)N(c2cccc(C(F)(F)F)c2)C(=O)[N-]C1c1ccc(C#N)cc1.CC(=O)C1=C(C)N(c2cccc(C(F)(F)F)c2)C(=O)[N-]C1c1ccc(C#N)cc1.O=[C-]NCN[C-]=O.[Y].[Y]. The molecule has 2 N–H and O–H groups in total. The maximum absolute atomic E-state index is 13.1. The first-order valence-corrected chi connectivity index (χ1v) is 18.8. The zero-order chi connectivity index (χ0) is 48.2. The Bertz CT molecular complexity index is 2450. The zero-order valence-electron chi connectivity index (χ0n) is 35.7. The number of allylic oxidation sites excluding steroid dienone is 2. The number of carbonyl (C=O) groups excluding carboxylic acids is 6. The molecule has 0 aromatic heterocycles. The zero-order valence-corrected chi connectivity index (χ0v) is 41.3. The monoisotopic (exact) mass is 1070 g/mol. The van der Waals surface area contributed by atoms with E-state index in [1.165, 1.54) is 64.8 Å². The number of hydrogen-bond donors (Lipinski definition) is 2. The van der Waals surface area contributed by atoms with E-state index in [2.05, 4.69) is 21.3 Å². The molecule has 0 bridgehead atoms. The van der Waals surface area contributed by atoms with Crippen LogP contribution in [-0.4, -0.2) is 43.1 Å². The van der Waals surface area contributed by atoms with Crippen LogP contribution in [0.2, 0.25) is 0 Å². The molecule has 0 fully saturated rings. The Hall–Kier alpha value is -6.05. The first-order chi connectivity index (χ1) is 30.7. The van der Waals surface area contributed by atoms with Gasteiger partial charge in [0.1, 0.15) is 0 Å². The summed E-state index contributed by atoms with van der Waals surface area (Å²) >= 11 is 0. The van der Waals surface area contributed by atoms with Crippen LogP contribution in [0, 0.1) is 22.7 Å². The van der Waals surface area contributed by atoms with Crippen molar-refractivity contribution in [2.45, 2.75) is 52.1 Å². The summed E-state index contributed by atoms with van der Waals surface area (Å²) in [6, 6.07) is 21.7. The molecular formula is C45H34F6N8O6Y2-4. The Morgan fingerprint density at radius 1 is 0.627 bits per heavy atom. The maximum atomic E-state index is 13.1. The topological polar surface area (TPSA) is 209 Å². The van der Waals surface area contributed by atoms with Crippen LogP contribution in [0.4, 0.5) is 47.3 Å². The summed E-state index contributed by atoms with van der Waals surface area (Å²) in [7, 11) is 0. The van der Waals surface area contributed by atoms with E-state index in [0.717, 1.165) is 34.1 Å². The fraction of sp³-hybridized carbons (Fsp3) is 0.200. The van der Waals surface area contributed by atoms with Gasteiger partial charge in [-0.15, -0.1) is 0 Å². The van der Waals surface area contributed by atoms with Gasteiger partial charge in [-0.25, -0.2) is 0 Å². The summed E-state index contributed by atoms with van der Waals surface area (Å²) in [6.45, 7) is 5.71. The number of alkyl halides is 6. The number of amides is 6. The Labute approximate surface area is 430 Å². The molecule has 2 aliphatic heterocycles. The number of urea groups is 2. The van der Waals surface area contributed by atoms with Crippen LogP contribution in [0.3, 0.4) is 0 Å². The molecule has 0 aliphatic carbocycles. The number of nitrogens with one attached hydrogen (secondary N) is 2. The van der Waals surface area contributed by atoms with Crippen LogP contribution in [-0.2, 0) is 96.9 Å². The van der Waals surface area contributed by atoms with Crippen LogP contribution in [0.1, 0.15) is 73.2 Å². The minimum atomic E-state index is -4.57. The first-order valence-electron chi connectivity index (χ1n) is 18.8. The number of carbonyl (C=O) groups is 4. The third-order valence-electron chi connectivity index (χ3n) is 9.51. The van der Waals surface area contributed by atoms with E-state index < -0.39 is 47.6 Å². The average Bonchev–Trinajstić information content (AvgIpc) is 3.26. The molecule has 0 saturated carbocycles. The minimum Gasteiger partial charge on any atom is -0.520 e. The number of anilines is 2. The molecule has 22 heteroatoms. The quantitative estimate of drug-likeness (QED) is 0.0513. The van der Waals surface area contributed by atoms with E-state index in [1.54, 1.807) is 48.5 Å². The van der Waals surface area contributed by atoms with Crippen LogP contribution in [0.5, 0.6) is 0 Å². The number of nitriles is 2. The van der Waals surface area contributed by atoms with Crippen molar-refractivity contribution in [3.8, 4) is 12.1 Å². The molecule has 2 unspecified atom stereocenters. The Balaban J connectivity index is 0.000000392. The molecule has 342 valence electrons. The minimum absolute atomic E-state index is 0. The molecule has 2 aliphatic rings. The van der Waals surface area contributed by atoms with Crippen LogP contribution in [0.15, 0.2) is 120 Å². The normalized spacial score (nSPS) is 15.5. The van der Waals surface area contributed by atoms with E-state index in [-0.39, 0.29) is 118 Å². The van der Waals surface area contributed by atoms with Crippen molar-refractivity contribution in [2.75, 3.05) is 16.5 Å². The van der Waals surface area contributed by atoms with Gasteiger partial charge >= 0.3 is 12.4 Å². The summed E-state index contributed by atoms with van der Waals surface area (Å²) in [6.07, 6.45) is -6.42. The van der Waals surface area contributed by atoms with Crippen molar-refractivity contribution < 1.29 is 121 Å². The number of halogens is 6. The van der Waals surface area contributed by atoms with Crippen molar-refractivity contribution >= 4 is 47.8 Å².